The molecule has 4 nitrogen and oxygen atoms in total. The number of pyridine rings is 1. The van der Waals surface area contributed by atoms with Gasteiger partial charge in [0.05, 0.1) is 0 Å². The van der Waals surface area contributed by atoms with E-state index in [-0.39, 0.29) is 6.03 Å². The number of nitrogens with zero attached hydrogens (tertiary/aromatic N) is 2. The van der Waals surface area contributed by atoms with E-state index in [1.807, 2.05) is 12.4 Å². The molecule has 4 heteroatoms. The minimum Gasteiger partial charge on any atom is -0.338 e. The summed E-state index contributed by atoms with van der Waals surface area (Å²) in [6, 6.07) is 5.23. The normalized spacial score (nSPS) is 19.5. The molecule has 2 saturated carbocycles. The van der Waals surface area contributed by atoms with Gasteiger partial charge in [0.2, 0.25) is 0 Å². The van der Waals surface area contributed by atoms with E-state index in [2.05, 4.69) is 27.3 Å². The van der Waals surface area contributed by atoms with Crippen LogP contribution in [-0.4, -0.2) is 34.5 Å². The van der Waals surface area contributed by atoms with Gasteiger partial charge in [-0.05, 0) is 56.2 Å². The van der Waals surface area contributed by atoms with Crippen molar-refractivity contribution < 1.29 is 4.79 Å². The fourth-order valence-electron chi connectivity index (χ4n) is 4.48. The lowest BCUT2D eigenvalue weighted by Crippen LogP contribution is -2.52. The fourth-order valence-corrected chi connectivity index (χ4v) is 4.48. The Morgan fingerprint density at radius 1 is 0.960 bits per heavy atom. The topological polar surface area (TPSA) is 45.2 Å². The smallest absolute Gasteiger partial charge is 0.317 e. The van der Waals surface area contributed by atoms with Gasteiger partial charge in [-0.25, -0.2) is 4.79 Å². The van der Waals surface area contributed by atoms with E-state index >= 15 is 0 Å². The second kappa shape index (κ2) is 9.79. The number of aryl methyl sites for hydroxylation is 1. The molecular weight excluding hydrogens is 310 g/mol. The number of amides is 2. The lowest BCUT2D eigenvalue weighted by molar-refractivity contribution is 0.105. The Morgan fingerprint density at radius 3 is 2.08 bits per heavy atom. The molecule has 1 aromatic heterocycles. The number of hydrogen-bond acceptors (Lipinski definition) is 2. The van der Waals surface area contributed by atoms with Gasteiger partial charge in [0.25, 0.3) is 0 Å². The molecule has 0 atom stereocenters. The third-order valence-electron chi connectivity index (χ3n) is 5.84. The summed E-state index contributed by atoms with van der Waals surface area (Å²) in [7, 11) is 0. The maximum absolute atomic E-state index is 13.0. The van der Waals surface area contributed by atoms with Crippen LogP contribution in [0.25, 0.3) is 0 Å². The number of rotatable bonds is 6. The first-order valence-electron chi connectivity index (χ1n) is 10.3. The van der Waals surface area contributed by atoms with Crippen molar-refractivity contribution in [3.63, 3.8) is 0 Å². The maximum Gasteiger partial charge on any atom is 0.317 e. The molecule has 0 unspecified atom stereocenters. The number of hydrogen-bond donors (Lipinski definition) is 1. The highest BCUT2D eigenvalue weighted by Gasteiger charge is 2.32. The first kappa shape index (κ1) is 18.2. The van der Waals surface area contributed by atoms with E-state index in [9.17, 15) is 4.79 Å². The number of carbonyl (C=O) groups excluding carboxylic acids is 1. The van der Waals surface area contributed by atoms with Gasteiger partial charge in [0, 0.05) is 31.0 Å². The maximum atomic E-state index is 13.0. The van der Waals surface area contributed by atoms with Crippen molar-refractivity contribution >= 4 is 6.03 Å². The molecule has 1 heterocycles. The van der Waals surface area contributed by atoms with Crippen LogP contribution in [0.2, 0.25) is 0 Å². The molecule has 2 aliphatic carbocycles. The third-order valence-corrected chi connectivity index (χ3v) is 5.84. The molecule has 25 heavy (non-hydrogen) atoms. The van der Waals surface area contributed by atoms with Crippen molar-refractivity contribution in [3.05, 3.63) is 30.1 Å². The minimum absolute atomic E-state index is 0.188. The van der Waals surface area contributed by atoms with Gasteiger partial charge in [-0.1, -0.05) is 38.5 Å². The van der Waals surface area contributed by atoms with Crippen molar-refractivity contribution in [1.29, 1.82) is 0 Å². The summed E-state index contributed by atoms with van der Waals surface area (Å²) >= 11 is 0. The van der Waals surface area contributed by atoms with Crippen LogP contribution in [0.3, 0.4) is 0 Å². The van der Waals surface area contributed by atoms with E-state index in [1.54, 1.807) is 0 Å². The highest BCUT2D eigenvalue weighted by Crippen LogP contribution is 2.30. The summed E-state index contributed by atoms with van der Waals surface area (Å²) in [4.78, 5) is 19.3. The molecule has 2 fully saturated rings. The summed E-state index contributed by atoms with van der Waals surface area (Å²) in [5.41, 5.74) is 1.29. The summed E-state index contributed by atoms with van der Waals surface area (Å²) in [5, 5.41) is 3.22. The molecule has 138 valence electrons. The second-order valence-electron chi connectivity index (χ2n) is 7.68. The van der Waals surface area contributed by atoms with E-state index in [0.29, 0.717) is 12.1 Å². The molecule has 0 radical (unpaired) electrons. The van der Waals surface area contributed by atoms with E-state index in [0.717, 1.165) is 19.4 Å². The van der Waals surface area contributed by atoms with Gasteiger partial charge < -0.3 is 10.2 Å². The predicted octanol–water partition coefficient (Wildman–Crippen LogP) is 4.69. The van der Waals surface area contributed by atoms with Crippen LogP contribution in [0.1, 0.15) is 76.2 Å². The average molecular weight is 344 g/mol. The largest absolute Gasteiger partial charge is 0.338 e. The Bertz CT molecular complexity index is 489. The monoisotopic (exact) mass is 343 g/mol. The second-order valence-corrected chi connectivity index (χ2v) is 7.68. The predicted molar refractivity (Wildman–Crippen MR) is 102 cm³/mol. The molecule has 1 aromatic rings. The first-order valence-corrected chi connectivity index (χ1v) is 10.3. The molecule has 2 aliphatic rings. The third kappa shape index (κ3) is 5.45. The number of nitrogens with one attached hydrogen (secondary N) is 1. The zero-order chi connectivity index (χ0) is 17.3. The van der Waals surface area contributed by atoms with Gasteiger partial charge in [-0.15, -0.1) is 0 Å². The summed E-state index contributed by atoms with van der Waals surface area (Å²) in [6.07, 6.45) is 18.2. The first-order chi connectivity index (χ1) is 12.3. The van der Waals surface area contributed by atoms with Crippen molar-refractivity contribution in [2.24, 2.45) is 0 Å². The standard InChI is InChI=1S/C21H33N3O/c25-21(23-15-7-8-18-13-16-22-17-14-18)24(19-9-3-1-4-10-19)20-11-5-2-6-12-20/h13-14,16-17,19-20H,1-12,15H2,(H,23,25). The lowest BCUT2D eigenvalue weighted by Gasteiger charge is -2.41. The van der Waals surface area contributed by atoms with Crippen molar-refractivity contribution in [1.82, 2.24) is 15.2 Å². The van der Waals surface area contributed by atoms with Gasteiger partial charge in [0.1, 0.15) is 0 Å². The van der Waals surface area contributed by atoms with Crippen LogP contribution < -0.4 is 5.32 Å². The highest BCUT2D eigenvalue weighted by atomic mass is 16.2. The fraction of sp³-hybridized carbons (Fsp3) is 0.714. The molecular formula is C21H33N3O. The lowest BCUT2D eigenvalue weighted by atomic mass is 9.89. The van der Waals surface area contributed by atoms with Crippen LogP contribution in [0, 0.1) is 0 Å². The Hall–Kier alpha value is -1.58. The van der Waals surface area contributed by atoms with Gasteiger partial charge >= 0.3 is 6.03 Å². The molecule has 3 rings (SSSR count). The Labute approximate surface area is 152 Å². The van der Waals surface area contributed by atoms with Crippen LogP contribution >= 0.6 is 0 Å². The molecule has 2 amide bonds. The molecule has 0 aromatic carbocycles. The number of urea groups is 1. The Morgan fingerprint density at radius 2 is 1.52 bits per heavy atom. The molecule has 1 N–H and O–H groups in total. The Kier molecular flexibility index (Phi) is 7.13. The summed E-state index contributed by atoms with van der Waals surface area (Å²) in [5.74, 6) is 0. The number of aromatic nitrogens is 1. The molecule has 0 spiro atoms. The number of carbonyl (C=O) groups is 1. The van der Waals surface area contributed by atoms with Crippen molar-refractivity contribution in [3.8, 4) is 0 Å². The van der Waals surface area contributed by atoms with E-state index in [4.69, 9.17) is 0 Å². The van der Waals surface area contributed by atoms with Crippen LogP contribution in [0.4, 0.5) is 4.79 Å². The summed E-state index contributed by atoms with van der Waals surface area (Å²) < 4.78 is 0. The zero-order valence-electron chi connectivity index (χ0n) is 15.5. The molecule has 0 bridgehead atoms. The van der Waals surface area contributed by atoms with Crippen LogP contribution in [0.5, 0.6) is 0 Å². The molecule has 0 aliphatic heterocycles. The van der Waals surface area contributed by atoms with Crippen molar-refractivity contribution in [2.75, 3.05) is 6.54 Å². The Balaban J connectivity index is 1.51. The SMILES string of the molecule is O=C(NCCCc1ccncc1)N(C1CCCCC1)C1CCCCC1. The van der Waals surface area contributed by atoms with Gasteiger partial charge in [0.15, 0.2) is 0 Å². The van der Waals surface area contributed by atoms with Crippen LogP contribution in [0.15, 0.2) is 24.5 Å². The van der Waals surface area contributed by atoms with Gasteiger partial charge in [-0.3, -0.25) is 4.98 Å². The zero-order valence-corrected chi connectivity index (χ0v) is 15.5. The average Bonchev–Trinajstić information content (AvgIpc) is 2.68. The van der Waals surface area contributed by atoms with Crippen molar-refractivity contribution in [2.45, 2.75) is 89.1 Å². The molecule has 0 saturated heterocycles. The van der Waals surface area contributed by atoms with Crippen LogP contribution in [-0.2, 0) is 6.42 Å². The minimum atomic E-state index is 0.188. The quantitative estimate of drug-likeness (QED) is 0.762. The van der Waals surface area contributed by atoms with E-state index < -0.39 is 0 Å². The highest BCUT2D eigenvalue weighted by molar-refractivity contribution is 5.75. The van der Waals surface area contributed by atoms with E-state index in [1.165, 1.54) is 69.8 Å². The summed E-state index contributed by atoms with van der Waals surface area (Å²) in [6.45, 7) is 0.761. The van der Waals surface area contributed by atoms with Gasteiger partial charge in [-0.2, -0.15) is 0 Å².